The monoisotopic (exact) mass is 372 g/mol. The molecule has 0 saturated heterocycles. The van der Waals surface area contributed by atoms with Gasteiger partial charge in [-0.1, -0.05) is 29.3 Å². The third-order valence-electron chi connectivity index (χ3n) is 3.31. The molecule has 1 N–H and O–H groups in total. The maximum absolute atomic E-state index is 10.8. The highest BCUT2D eigenvalue weighted by molar-refractivity contribution is 6.35. The fourth-order valence-electron chi connectivity index (χ4n) is 2.11. The van der Waals surface area contributed by atoms with Crippen LogP contribution in [0.5, 0.6) is 5.88 Å². The van der Waals surface area contributed by atoms with E-state index in [0.717, 1.165) is 11.3 Å². The maximum Gasteiger partial charge on any atom is 0.303 e. The number of methoxy groups -OCH3 is 1. The summed E-state index contributed by atoms with van der Waals surface area (Å²) < 4.78 is 12.1. The number of carboxylic acid groups (broad SMARTS) is 1. The van der Waals surface area contributed by atoms with E-state index in [1.165, 1.54) is 0 Å². The summed E-state index contributed by atoms with van der Waals surface area (Å²) in [6, 6.07) is 6.97. The Morgan fingerprint density at radius 2 is 2.08 bits per heavy atom. The van der Waals surface area contributed by atoms with Crippen LogP contribution in [-0.4, -0.2) is 41.2 Å². The maximum atomic E-state index is 10.8. The number of halogens is 2. The normalized spacial score (nSPS) is 10.8. The lowest BCUT2D eigenvalue weighted by Crippen LogP contribution is -2.09. The second kappa shape index (κ2) is 8.92. The van der Waals surface area contributed by atoms with Crippen molar-refractivity contribution < 1.29 is 19.4 Å². The van der Waals surface area contributed by atoms with E-state index in [9.17, 15) is 4.79 Å². The van der Waals surface area contributed by atoms with E-state index in [2.05, 4.69) is 5.10 Å². The number of nitrogens with zero attached hydrogens (tertiary/aromatic N) is 2. The van der Waals surface area contributed by atoms with Crippen LogP contribution in [0.4, 0.5) is 0 Å². The second-order valence-electron chi connectivity index (χ2n) is 5.10. The number of aryl methyl sites for hydroxylation is 1. The van der Waals surface area contributed by atoms with Crippen LogP contribution in [0.15, 0.2) is 24.3 Å². The molecule has 8 heteroatoms. The van der Waals surface area contributed by atoms with Gasteiger partial charge in [0.15, 0.2) is 0 Å². The van der Waals surface area contributed by atoms with Crippen LogP contribution in [-0.2, 0) is 22.5 Å². The molecule has 1 aromatic carbocycles. The first-order valence-electron chi connectivity index (χ1n) is 7.33. The zero-order chi connectivity index (χ0) is 17.5. The SMILES string of the molecule is COCCOc1cc(CCC(=O)O)n(Cc2ccc(Cl)cc2Cl)n1. The lowest BCUT2D eigenvalue weighted by atomic mass is 10.2. The summed E-state index contributed by atoms with van der Waals surface area (Å²) in [5, 5.41) is 14.4. The van der Waals surface area contributed by atoms with Crippen molar-refractivity contribution in [3.63, 3.8) is 0 Å². The molecule has 0 spiro atoms. The Morgan fingerprint density at radius 1 is 1.29 bits per heavy atom. The van der Waals surface area contributed by atoms with Gasteiger partial charge in [0.1, 0.15) is 6.61 Å². The molecule has 0 aliphatic heterocycles. The molecule has 1 heterocycles. The minimum absolute atomic E-state index is 0.0115. The highest BCUT2D eigenvalue weighted by Gasteiger charge is 2.12. The fourth-order valence-corrected chi connectivity index (χ4v) is 2.58. The van der Waals surface area contributed by atoms with Gasteiger partial charge in [-0.15, -0.1) is 5.10 Å². The first-order valence-corrected chi connectivity index (χ1v) is 8.09. The van der Waals surface area contributed by atoms with Crippen molar-refractivity contribution in [1.29, 1.82) is 0 Å². The van der Waals surface area contributed by atoms with Crippen molar-refractivity contribution >= 4 is 29.2 Å². The predicted molar refractivity (Wildman–Crippen MR) is 91.1 cm³/mol. The molecule has 130 valence electrons. The summed E-state index contributed by atoms with van der Waals surface area (Å²) in [5.74, 6) is -0.438. The van der Waals surface area contributed by atoms with Crippen LogP contribution in [0.25, 0.3) is 0 Å². The summed E-state index contributed by atoms with van der Waals surface area (Å²) in [4.78, 5) is 10.8. The molecule has 0 atom stereocenters. The molecule has 0 saturated carbocycles. The quantitative estimate of drug-likeness (QED) is 0.683. The van der Waals surface area contributed by atoms with Crippen LogP contribution in [0.1, 0.15) is 17.7 Å². The molecular weight excluding hydrogens is 355 g/mol. The Morgan fingerprint density at radius 3 is 2.75 bits per heavy atom. The zero-order valence-electron chi connectivity index (χ0n) is 13.2. The molecule has 0 fully saturated rings. The van der Waals surface area contributed by atoms with E-state index in [1.54, 1.807) is 30.0 Å². The predicted octanol–water partition coefficient (Wildman–Crippen LogP) is 3.28. The summed E-state index contributed by atoms with van der Waals surface area (Å²) in [7, 11) is 1.59. The van der Waals surface area contributed by atoms with E-state index >= 15 is 0 Å². The molecule has 0 radical (unpaired) electrons. The van der Waals surface area contributed by atoms with Gasteiger partial charge in [0.05, 0.1) is 19.6 Å². The first-order chi connectivity index (χ1) is 11.5. The third-order valence-corrected chi connectivity index (χ3v) is 3.90. The Bertz CT molecular complexity index is 703. The Kier molecular flexibility index (Phi) is 6.90. The molecule has 0 bridgehead atoms. The van der Waals surface area contributed by atoms with Crippen LogP contribution in [0.3, 0.4) is 0 Å². The third kappa shape index (κ3) is 5.40. The number of benzene rings is 1. The van der Waals surface area contributed by atoms with Crippen LogP contribution in [0.2, 0.25) is 10.0 Å². The van der Waals surface area contributed by atoms with Gasteiger partial charge in [-0.05, 0) is 24.1 Å². The van der Waals surface area contributed by atoms with Crippen molar-refractivity contribution in [3.05, 3.63) is 45.6 Å². The van der Waals surface area contributed by atoms with E-state index in [1.807, 2.05) is 6.07 Å². The minimum atomic E-state index is -0.867. The van der Waals surface area contributed by atoms with Gasteiger partial charge in [0.25, 0.3) is 0 Å². The zero-order valence-corrected chi connectivity index (χ0v) is 14.7. The second-order valence-corrected chi connectivity index (χ2v) is 5.95. The molecule has 1 aromatic heterocycles. The molecule has 0 unspecified atom stereocenters. The van der Waals surface area contributed by atoms with Gasteiger partial charge in [0, 0.05) is 28.9 Å². The fraction of sp³-hybridized carbons (Fsp3) is 0.375. The Hall–Kier alpha value is -1.76. The number of aliphatic carboxylic acids is 1. The van der Waals surface area contributed by atoms with Gasteiger partial charge in [-0.3, -0.25) is 9.48 Å². The van der Waals surface area contributed by atoms with Gasteiger partial charge in [-0.25, -0.2) is 0 Å². The standard InChI is InChI=1S/C16H18Cl2N2O4/c1-23-6-7-24-15-9-13(4-5-16(21)22)20(19-15)10-11-2-3-12(17)8-14(11)18/h2-3,8-9H,4-7,10H2,1H3,(H,21,22). The summed E-state index contributed by atoms with van der Waals surface area (Å²) >= 11 is 12.1. The largest absolute Gasteiger partial charge is 0.481 e. The van der Waals surface area contributed by atoms with Crippen LogP contribution in [0, 0.1) is 0 Å². The molecule has 0 amide bonds. The number of hydrogen-bond donors (Lipinski definition) is 1. The molecule has 6 nitrogen and oxygen atoms in total. The highest BCUT2D eigenvalue weighted by atomic mass is 35.5. The van der Waals surface area contributed by atoms with E-state index in [4.69, 9.17) is 37.8 Å². The van der Waals surface area contributed by atoms with E-state index < -0.39 is 5.97 Å². The number of carboxylic acids is 1. The number of rotatable bonds is 9. The van der Waals surface area contributed by atoms with Crippen molar-refractivity contribution in [2.45, 2.75) is 19.4 Å². The van der Waals surface area contributed by atoms with Crippen molar-refractivity contribution in [1.82, 2.24) is 9.78 Å². The molecule has 24 heavy (non-hydrogen) atoms. The van der Waals surface area contributed by atoms with Gasteiger partial charge >= 0.3 is 5.97 Å². The number of hydrogen-bond acceptors (Lipinski definition) is 4. The molecule has 2 aromatic rings. The average molecular weight is 373 g/mol. The summed E-state index contributed by atoms with van der Waals surface area (Å²) in [6.07, 6.45) is 0.360. The smallest absolute Gasteiger partial charge is 0.303 e. The Balaban J connectivity index is 2.19. The molecule has 0 aliphatic rings. The van der Waals surface area contributed by atoms with Crippen molar-refractivity contribution in [2.75, 3.05) is 20.3 Å². The van der Waals surface area contributed by atoms with Crippen molar-refractivity contribution in [3.8, 4) is 5.88 Å². The molecular formula is C16H18Cl2N2O4. The van der Waals surface area contributed by atoms with Gasteiger partial charge < -0.3 is 14.6 Å². The summed E-state index contributed by atoms with van der Waals surface area (Å²) in [6.45, 7) is 1.21. The number of ether oxygens (including phenoxy) is 2. The number of carbonyl (C=O) groups is 1. The number of aromatic nitrogens is 2. The van der Waals surface area contributed by atoms with Crippen LogP contribution < -0.4 is 4.74 Å². The molecule has 2 rings (SSSR count). The van der Waals surface area contributed by atoms with Gasteiger partial charge in [0.2, 0.25) is 5.88 Å². The first kappa shape index (κ1) is 18.6. The van der Waals surface area contributed by atoms with E-state index in [-0.39, 0.29) is 6.42 Å². The van der Waals surface area contributed by atoms with Crippen molar-refractivity contribution in [2.24, 2.45) is 0 Å². The molecule has 0 aliphatic carbocycles. The highest BCUT2D eigenvalue weighted by Crippen LogP contribution is 2.23. The summed E-state index contributed by atoms with van der Waals surface area (Å²) in [5.41, 5.74) is 1.60. The lowest BCUT2D eigenvalue weighted by Gasteiger charge is -2.08. The topological polar surface area (TPSA) is 73.6 Å². The van der Waals surface area contributed by atoms with Crippen LogP contribution >= 0.6 is 23.2 Å². The average Bonchev–Trinajstić information content (AvgIpc) is 2.90. The lowest BCUT2D eigenvalue weighted by molar-refractivity contribution is -0.136. The Labute approximate surface area is 149 Å². The van der Waals surface area contributed by atoms with Gasteiger partial charge in [-0.2, -0.15) is 0 Å². The van der Waals surface area contributed by atoms with E-state index in [0.29, 0.717) is 42.1 Å². The minimum Gasteiger partial charge on any atom is -0.481 e.